The number of carbonyl (C=O) groups is 1. The Bertz CT molecular complexity index is 450. The summed E-state index contributed by atoms with van der Waals surface area (Å²) >= 11 is 0. The van der Waals surface area contributed by atoms with E-state index in [4.69, 9.17) is 5.11 Å². The van der Waals surface area contributed by atoms with E-state index in [0.29, 0.717) is 10.8 Å². The molecular formula is C8H8O4S2. The first-order chi connectivity index (χ1) is 6.40. The topological polar surface area (TPSA) is 71.4 Å². The van der Waals surface area contributed by atoms with Gasteiger partial charge in [0.1, 0.15) is 0 Å². The number of carboxylic acids is 1. The van der Waals surface area contributed by atoms with Crippen molar-refractivity contribution in [1.82, 2.24) is 0 Å². The monoisotopic (exact) mass is 232 g/mol. The molecular weight excluding hydrogens is 224 g/mol. The summed E-state index contributed by atoms with van der Waals surface area (Å²) in [6.45, 7) is 0. The van der Waals surface area contributed by atoms with E-state index in [0.717, 1.165) is 6.26 Å². The third-order valence-electron chi connectivity index (χ3n) is 1.36. The van der Waals surface area contributed by atoms with Gasteiger partial charge in [-0.05, 0) is 12.1 Å². The van der Waals surface area contributed by atoms with E-state index in [-0.39, 0.29) is 10.5 Å². The first-order valence-corrected chi connectivity index (χ1v) is 6.84. The molecule has 0 unspecified atom stereocenters. The minimum Gasteiger partial charge on any atom is -0.478 e. The molecule has 0 radical (unpaired) electrons. The van der Waals surface area contributed by atoms with Crippen molar-refractivity contribution in [2.75, 3.05) is 6.26 Å². The maximum atomic E-state index is 10.9. The lowest BCUT2D eigenvalue weighted by Gasteiger charge is -2.02. The third-order valence-corrected chi connectivity index (χ3v) is 3.64. The Morgan fingerprint density at radius 3 is 2.43 bits per heavy atom. The average Bonchev–Trinajstić information content (AvgIpc) is 2.01. The molecule has 0 saturated carbocycles. The standard InChI is InChI=1S/C8H8O4S2/c1-14(11,12)13-7-5-3-2-4-6(7)8(9)10/h2-5H,1H3,(H,9,10). The van der Waals surface area contributed by atoms with Crippen molar-refractivity contribution in [3.63, 3.8) is 0 Å². The van der Waals surface area contributed by atoms with Crippen LogP contribution in [0.1, 0.15) is 10.4 Å². The van der Waals surface area contributed by atoms with Crippen molar-refractivity contribution < 1.29 is 18.3 Å². The van der Waals surface area contributed by atoms with Crippen molar-refractivity contribution in [3.8, 4) is 0 Å². The van der Waals surface area contributed by atoms with E-state index < -0.39 is 14.8 Å². The number of carboxylic acid groups (broad SMARTS) is 1. The van der Waals surface area contributed by atoms with Gasteiger partial charge in [-0.1, -0.05) is 12.1 Å². The van der Waals surface area contributed by atoms with E-state index in [1.54, 1.807) is 12.1 Å². The molecule has 0 fully saturated rings. The Hall–Kier alpha value is -1.01. The lowest BCUT2D eigenvalue weighted by molar-refractivity contribution is 0.0693. The highest BCUT2D eigenvalue weighted by molar-refractivity contribution is 8.71. The number of hydrogen-bond acceptors (Lipinski definition) is 4. The van der Waals surface area contributed by atoms with E-state index in [9.17, 15) is 13.2 Å². The molecule has 1 rings (SSSR count). The molecule has 1 N–H and O–H groups in total. The summed E-state index contributed by atoms with van der Waals surface area (Å²) in [5, 5.41) is 8.75. The van der Waals surface area contributed by atoms with Gasteiger partial charge >= 0.3 is 5.97 Å². The van der Waals surface area contributed by atoms with Crippen LogP contribution in [0.15, 0.2) is 29.2 Å². The van der Waals surface area contributed by atoms with E-state index in [1.807, 2.05) is 0 Å². The number of rotatable bonds is 3. The molecule has 76 valence electrons. The summed E-state index contributed by atoms with van der Waals surface area (Å²) in [4.78, 5) is 10.9. The number of hydrogen-bond donors (Lipinski definition) is 1. The van der Waals surface area contributed by atoms with E-state index in [1.165, 1.54) is 12.1 Å². The largest absolute Gasteiger partial charge is 0.478 e. The van der Waals surface area contributed by atoms with E-state index >= 15 is 0 Å². The molecule has 1 aromatic rings. The Labute approximate surface area is 85.3 Å². The van der Waals surface area contributed by atoms with Crippen molar-refractivity contribution in [3.05, 3.63) is 29.8 Å². The summed E-state index contributed by atoms with van der Waals surface area (Å²) in [6.07, 6.45) is 1.04. The fourth-order valence-corrected chi connectivity index (χ4v) is 3.00. The van der Waals surface area contributed by atoms with Gasteiger partial charge in [-0.25, -0.2) is 13.2 Å². The summed E-state index contributed by atoms with van der Waals surface area (Å²) in [5.74, 6) is -1.13. The Morgan fingerprint density at radius 2 is 1.93 bits per heavy atom. The van der Waals surface area contributed by atoms with Crippen molar-refractivity contribution in [2.45, 2.75) is 4.90 Å². The van der Waals surface area contributed by atoms with Crippen LogP contribution in [0, 0.1) is 0 Å². The Morgan fingerprint density at radius 1 is 1.36 bits per heavy atom. The molecule has 0 aromatic heterocycles. The van der Waals surface area contributed by atoms with Crippen LogP contribution >= 0.6 is 10.8 Å². The van der Waals surface area contributed by atoms with Crippen LogP contribution in [0.2, 0.25) is 0 Å². The second-order valence-corrected chi connectivity index (χ2v) is 6.92. The number of aromatic carboxylic acids is 1. The van der Waals surface area contributed by atoms with Gasteiger partial charge in [0.15, 0.2) is 0 Å². The molecule has 0 heterocycles. The van der Waals surface area contributed by atoms with Gasteiger partial charge in [0.25, 0.3) is 0 Å². The van der Waals surface area contributed by atoms with Gasteiger partial charge in [0.05, 0.1) is 5.56 Å². The zero-order valence-corrected chi connectivity index (χ0v) is 8.93. The first-order valence-electron chi connectivity index (χ1n) is 3.62. The maximum absolute atomic E-state index is 10.9. The highest BCUT2D eigenvalue weighted by atomic mass is 33.1. The molecule has 0 amide bonds. The average molecular weight is 232 g/mol. The lowest BCUT2D eigenvalue weighted by atomic mass is 10.2. The van der Waals surface area contributed by atoms with E-state index in [2.05, 4.69) is 0 Å². The van der Waals surface area contributed by atoms with Crippen molar-refractivity contribution in [1.29, 1.82) is 0 Å². The predicted octanol–water partition coefficient (Wildman–Crippen LogP) is 1.44. The second-order valence-electron chi connectivity index (χ2n) is 2.59. The minimum atomic E-state index is -3.28. The third kappa shape index (κ3) is 3.04. The molecule has 14 heavy (non-hydrogen) atoms. The molecule has 0 atom stereocenters. The summed E-state index contributed by atoms with van der Waals surface area (Å²) in [7, 11) is -2.73. The van der Waals surface area contributed by atoms with Crippen LogP contribution in [0.4, 0.5) is 0 Å². The molecule has 4 nitrogen and oxygen atoms in total. The van der Waals surface area contributed by atoms with Crippen LogP contribution in [0.25, 0.3) is 0 Å². The minimum absolute atomic E-state index is 0.00271. The molecule has 0 bridgehead atoms. The smallest absolute Gasteiger partial charge is 0.336 e. The van der Waals surface area contributed by atoms with Crippen LogP contribution in [-0.2, 0) is 8.87 Å². The fourth-order valence-electron chi connectivity index (χ4n) is 0.879. The van der Waals surface area contributed by atoms with Gasteiger partial charge < -0.3 is 5.11 Å². The normalized spacial score (nSPS) is 11.2. The highest BCUT2D eigenvalue weighted by Crippen LogP contribution is 2.26. The Kier molecular flexibility index (Phi) is 3.17. The maximum Gasteiger partial charge on any atom is 0.336 e. The predicted molar refractivity (Wildman–Crippen MR) is 54.1 cm³/mol. The second kappa shape index (κ2) is 4.02. The van der Waals surface area contributed by atoms with Crippen LogP contribution in [0.5, 0.6) is 0 Å². The number of benzene rings is 1. The van der Waals surface area contributed by atoms with Gasteiger partial charge in [0, 0.05) is 21.9 Å². The van der Waals surface area contributed by atoms with Gasteiger partial charge in [-0.3, -0.25) is 0 Å². The quantitative estimate of drug-likeness (QED) is 0.798. The van der Waals surface area contributed by atoms with Crippen molar-refractivity contribution >= 4 is 25.6 Å². The molecule has 1 aromatic carbocycles. The molecule has 0 aliphatic rings. The van der Waals surface area contributed by atoms with Gasteiger partial charge in [0.2, 0.25) is 8.87 Å². The SMILES string of the molecule is CS(=O)(=O)Sc1ccccc1C(=O)O. The van der Waals surface area contributed by atoms with Crippen molar-refractivity contribution in [2.24, 2.45) is 0 Å². The molecule has 0 saturated heterocycles. The molecule has 0 aliphatic carbocycles. The summed E-state index contributed by atoms with van der Waals surface area (Å²) in [6, 6.07) is 5.99. The molecule has 6 heteroatoms. The fraction of sp³-hybridized carbons (Fsp3) is 0.125. The zero-order valence-electron chi connectivity index (χ0n) is 7.30. The van der Waals surface area contributed by atoms with Gasteiger partial charge in [-0.15, -0.1) is 0 Å². The van der Waals surface area contributed by atoms with Crippen LogP contribution < -0.4 is 0 Å². The summed E-state index contributed by atoms with van der Waals surface area (Å²) < 4.78 is 21.9. The first kappa shape index (κ1) is 11.1. The molecule has 0 aliphatic heterocycles. The Balaban J connectivity index is 3.15. The van der Waals surface area contributed by atoms with Crippen LogP contribution in [-0.4, -0.2) is 25.7 Å². The highest BCUT2D eigenvalue weighted by Gasteiger charge is 2.13. The van der Waals surface area contributed by atoms with Crippen LogP contribution in [0.3, 0.4) is 0 Å². The zero-order chi connectivity index (χ0) is 10.8. The lowest BCUT2D eigenvalue weighted by Crippen LogP contribution is -1.99. The van der Waals surface area contributed by atoms with Gasteiger partial charge in [-0.2, -0.15) is 0 Å². The summed E-state index contributed by atoms with van der Waals surface area (Å²) in [5.41, 5.74) is 0.00271. The molecule has 0 spiro atoms.